The van der Waals surface area contributed by atoms with E-state index in [9.17, 15) is 14.4 Å². The SMILES string of the molecule is O=C1CCCCc2ccc(NC(=O)N3CCC(C(=O)O)C3)cc21. The molecule has 2 N–H and O–H groups in total. The number of amides is 2. The third-order valence-electron chi connectivity index (χ3n) is 4.59. The number of aliphatic carboxylic acids is 1. The molecule has 122 valence electrons. The lowest BCUT2D eigenvalue weighted by atomic mass is 10.0. The molecule has 0 bridgehead atoms. The highest BCUT2D eigenvalue weighted by atomic mass is 16.4. The molecule has 1 aliphatic heterocycles. The van der Waals surface area contributed by atoms with Crippen molar-refractivity contribution >= 4 is 23.5 Å². The van der Waals surface area contributed by atoms with Crippen LogP contribution >= 0.6 is 0 Å². The molecule has 2 amide bonds. The third-order valence-corrected chi connectivity index (χ3v) is 4.59. The predicted octanol–water partition coefficient (Wildman–Crippen LogP) is 2.53. The Morgan fingerprint density at radius 3 is 2.74 bits per heavy atom. The molecule has 1 aromatic carbocycles. The van der Waals surface area contributed by atoms with Crippen LogP contribution in [0.15, 0.2) is 18.2 Å². The second-order valence-electron chi connectivity index (χ2n) is 6.20. The fraction of sp³-hybridized carbons (Fsp3) is 0.471. The number of likely N-dealkylation sites (tertiary alicyclic amines) is 1. The minimum Gasteiger partial charge on any atom is -0.481 e. The number of ketones is 1. The van der Waals surface area contributed by atoms with Gasteiger partial charge < -0.3 is 15.3 Å². The van der Waals surface area contributed by atoms with E-state index in [4.69, 9.17) is 5.11 Å². The summed E-state index contributed by atoms with van der Waals surface area (Å²) < 4.78 is 0. The number of carboxylic acids is 1. The van der Waals surface area contributed by atoms with Gasteiger partial charge in [-0.3, -0.25) is 9.59 Å². The fourth-order valence-electron chi connectivity index (χ4n) is 3.22. The molecule has 1 saturated heterocycles. The number of urea groups is 1. The van der Waals surface area contributed by atoms with Crippen molar-refractivity contribution in [1.29, 1.82) is 0 Å². The lowest BCUT2D eigenvalue weighted by molar-refractivity contribution is -0.141. The summed E-state index contributed by atoms with van der Waals surface area (Å²) in [5.74, 6) is -1.23. The zero-order chi connectivity index (χ0) is 16.4. The average Bonchev–Trinajstić information content (AvgIpc) is 2.95. The van der Waals surface area contributed by atoms with Crippen molar-refractivity contribution in [2.24, 2.45) is 5.92 Å². The number of nitrogens with one attached hydrogen (secondary N) is 1. The zero-order valence-electron chi connectivity index (χ0n) is 12.9. The molecule has 1 aromatic rings. The number of rotatable bonds is 2. The molecule has 1 aliphatic carbocycles. The Morgan fingerprint density at radius 2 is 2.00 bits per heavy atom. The minimum atomic E-state index is -0.865. The molecule has 0 saturated carbocycles. The van der Waals surface area contributed by atoms with Gasteiger partial charge in [0.05, 0.1) is 5.92 Å². The van der Waals surface area contributed by atoms with Gasteiger partial charge in [-0.05, 0) is 43.4 Å². The molecule has 1 fully saturated rings. The van der Waals surface area contributed by atoms with Crippen LogP contribution in [0.1, 0.15) is 41.6 Å². The van der Waals surface area contributed by atoms with Gasteiger partial charge in [0.2, 0.25) is 0 Å². The van der Waals surface area contributed by atoms with Gasteiger partial charge in [-0.15, -0.1) is 0 Å². The van der Waals surface area contributed by atoms with Crippen molar-refractivity contribution in [3.05, 3.63) is 29.3 Å². The number of carbonyl (C=O) groups excluding carboxylic acids is 2. The monoisotopic (exact) mass is 316 g/mol. The molecular weight excluding hydrogens is 296 g/mol. The van der Waals surface area contributed by atoms with Crippen LogP contribution in [0.2, 0.25) is 0 Å². The van der Waals surface area contributed by atoms with E-state index in [-0.39, 0.29) is 18.4 Å². The van der Waals surface area contributed by atoms with Crippen molar-refractivity contribution in [3.63, 3.8) is 0 Å². The molecule has 1 heterocycles. The van der Waals surface area contributed by atoms with E-state index in [1.54, 1.807) is 12.1 Å². The van der Waals surface area contributed by atoms with E-state index < -0.39 is 11.9 Å². The highest BCUT2D eigenvalue weighted by Crippen LogP contribution is 2.24. The summed E-state index contributed by atoms with van der Waals surface area (Å²) in [7, 11) is 0. The van der Waals surface area contributed by atoms with Gasteiger partial charge in [0.25, 0.3) is 0 Å². The molecule has 0 radical (unpaired) electrons. The van der Waals surface area contributed by atoms with Gasteiger partial charge in [-0.2, -0.15) is 0 Å². The van der Waals surface area contributed by atoms with E-state index in [1.807, 2.05) is 6.07 Å². The Morgan fingerprint density at radius 1 is 1.22 bits per heavy atom. The van der Waals surface area contributed by atoms with Crippen molar-refractivity contribution in [2.45, 2.75) is 32.1 Å². The largest absolute Gasteiger partial charge is 0.481 e. The molecule has 2 aliphatic rings. The first kappa shape index (κ1) is 15.5. The van der Waals surface area contributed by atoms with Gasteiger partial charge in [-0.25, -0.2) is 4.79 Å². The molecule has 6 heteroatoms. The quantitative estimate of drug-likeness (QED) is 0.821. The van der Waals surface area contributed by atoms with Crippen molar-refractivity contribution in [3.8, 4) is 0 Å². The average molecular weight is 316 g/mol. The predicted molar refractivity (Wildman–Crippen MR) is 84.7 cm³/mol. The zero-order valence-corrected chi connectivity index (χ0v) is 12.9. The highest BCUT2D eigenvalue weighted by molar-refractivity contribution is 6.00. The first-order valence-corrected chi connectivity index (χ1v) is 7.99. The van der Waals surface area contributed by atoms with E-state index in [2.05, 4.69) is 5.32 Å². The summed E-state index contributed by atoms with van der Waals surface area (Å²) >= 11 is 0. The van der Waals surface area contributed by atoms with E-state index in [1.165, 1.54) is 4.90 Å². The van der Waals surface area contributed by atoms with Crippen LogP contribution in [0, 0.1) is 5.92 Å². The summed E-state index contributed by atoms with van der Waals surface area (Å²) in [5.41, 5.74) is 2.32. The number of hydrogen-bond acceptors (Lipinski definition) is 3. The smallest absolute Gasteiger partial charge is 0.321 e. The van der Waals surface area contributed by atoms with Gasteiger partial charge in [0.1, 0.15) is 0 Å². The van der Waals surface area contributed by atoms with E-state index in [0.29, 0.717) is 30.6 Å². The van der Waals surface area contributed by atoms with Crippen LogP contribution in [0.5, 0.6) is 0 Å². The number of aryl methyl sites for hydroxylation is 1. The molecule has 0 spiro atoms. The van der Waals surface area contributed by atoms with Gasteiger partial charge >= 0.3 is 12.0 Å². The van der Waals surface area contributed by atoms with Crippen LogP contribution < -0.4 is 5.32 Å². The number of anilines is 1. The normalized spacial score (nSPS) is 20.8. The maximum atomic E-state index is 12.2. The maximum absolute atomic E-state index is 12.2. The molecular formula is C17H20N2O4. The number of fused-ring (bicyclic) bond motifs is 1. The van der Waals surface area contributed by atoms with Crippen LogP contribution in [-0.2, 0) is 11.2 Å². The standard InChI is InChI=1S/C17H20N2O4/c20-15-4-2-1-3-11-5-6-13(9-14(11)15)18-17(23)19-8-7-12(10-19)16(21)22/h5-6,9,12H,1-4,7-8,10H2,(H,18,23)(H,21,22). The topological polar surface area (TPSA) is 86.7 Å². The lowest BCUT2D eigenvalue weighted by Gasteiger charge is -2.17. The number of Topliss-reactive ketones (excluding diaryl/α,β-unsaturated/α-hetero) is 1. The lowest BCUT2D eigenvalue weighted by Crippen LogP contribution is -2.33. The number of carbonyl (C=O) groups is 3. The summed E-state index contributed by atoms with van der Waals surface area (Å²) in [5, 5.41) is 11.8. The Kier molecular flexibility index (Phi) is 4.32. The van der Waals surface area contributed by atoms with Crippen LogP contribution in [-0.4, -0.2) is 40.9 Å². The summed E-state index contributed by atoms with van der Waals surface area (Å²) in [6.45, 7) is 0.664. The van der Waals surface area contributed by atoms with Gasteiger partial charge in [0.15, 0.2) is 5.78 Å². The highest BCUT2D eigenvalue weighted by Gasteiger charge is 2.31. The molecule has 3 rings (SSSR count). The Labute approximate surface area is 134 Å². The minimum absolute atomic E-state index is 0.126. The molecule has 6 nitrogen and oxygen atoms in total. The molecule has 23 heavy (non-hydrogen) atoms. The van der Waals surface area contributed by atoms with Crippen molar-refractivity contribution in [2.75, 3.05) is 18.4 Å². The Bertz CT molecular complexity index is 656. The second-order valence-corrected chi connectivity index (χ2v) is 6.20. The second kappa shape index (κ2) is 6.40. The van der Waals surface area contributed by atoms with Gasteiger partial charge in [0, 0.05) is 30.8 Å². The number of benzene rings is 1. The van der Waals surface area contributed by atoms with Crippen molar-refractivity contribution in [1.82, 2.24) is 4.90 Å². The first-order valence-electron chi connectivity index (χ1n) is 7.99. The Hall–Kier alpha value is -2.37. The van der Waals surface area contributed by atoms with Crippen molar-refractivity contribution < 1.29 is 19.5 Å². The molecule has 0 aromatic heterocycles. The van der Waals surface area contributed by atoms with Gasteiger partial charge in [-0.1, -0.05) is 6.07 Å². The Balaban J connectivity index is 1.70. The van der Waals surface area contributed by atoms with Crippen LogP contribution in [0.25, 0.3) is 0 Å². The summed E-state index contributed by atoms with van der Waals surface area (Å²) in [6.07, 6.45) is 3.83. The number of hydrogen-bond donors (Lipinski definition) is 2. The fourth-order valence-corrected chi connectivity index (χ4v) is 3.22. The molecule has 1 unspecified atom stereocenters. The third kappa shape index (κ3) is 3.36. The van der Waals surface area contributed by atoms with E-state index in [0.717, 1.165) is 24.8 Å². The van der Waals surface area contributed by atoms with Crippen LogP contribution in [0.4, 0.5) is 10.5 Å². The summed E-state index contributed by atoms with van der Waals surface area (Å²) in [6, 6.07) is 5.14. The first-order chi connectivity index (χ1) is 11.0. The number of nitrogens with zero attached hydrogens (tertiary/aromatic N) is 1. The number of carboxylic acid groups (broad SMARTS) is 1. The molecule has 1 atom stereocenters. The summed E-state index contributed by atoms with van der Waals surface area (Å²) in [4.78, 5) is 36.8. The van der Waals surface area contributed by atoms with Crippen LogP contribution in [0.3, 0.4) is 0 Å². The van der Waals surface area contributed by atoms with E-state index >= 15 is 0 Å². The maximum Gasteiger partial charge on any atom is 0.321 e.